The maximum atomic E-state index is 12.0. The average Bonchev–Trinajstić information content (AvgIpc) is 2.65. The fourth-order valence-electron chi connectivity index (χ4n) is 1.84. The molecule has 2 rings (SSSR count). The lowest BCUT2D eigenvalue weighted by molar-refractivity contribution is 0.0954. The minimum atomic E-state index is -0.257. The van der Waals surface area contributed by atoms with Gasteiger partial charge in [-0.1, -0.05) is 12.1 Å². The lowest BCUT2D eigenvalue weighted by atomic mass is 10.2. The first kappa shape index (κ1) is 14.5. The summed E-state index contributed by atoms with van der Waals surface area (Å²) in [6.07, 6.45) is 1.62. The zero-order chi connectivity index (χ0) is 14.7. The Labute approximate surface area is 125 Å². The molecule has 6 heteroatoms. The minimum absolute atomic E-state index is 0.257. The van der Waals surface area contributed by atoms with Gasteiger partial charge < -0.3 is 0 Å². The molecular formula is C14H15BrN4O. The average molecular weight is 335 g/mol. The number of carbonyl (C=O) groups excluding carboxylic acids is 1. The molecule has 0 saturated carbocycles. The molecule has 104 valence electrons. The van der Waals surface area contributed by atoms with Gasteiger partial charge in [0.15, 0.2) is 0 Å². The molecule has 1 aromatic heterocycles. The van der Waals surface area contributed by atoms with E-state index in [-0.39, 0.29) is 5.91 Å². The fourth-order valence-corrected chi connectivity index (χ4v) is 2.30. The van der Waals surface area contributed by atoms with Crippen molar-refractivity contribution < 1.29 is 4.79 Å². The van der Waals surface area contributed by atoms with Gasteiger partial charge in [0.05, 0.1) is 17.5 Å². The van der Waals surface area contributed by atoms with E-state index >= 15 is 0 Å². The van der Waals surface area contributed by atoms with Crippen molar-refractivity contribution in [2.75, 3.05) is 0 Å². The van der Waals surface area contributed by atoms with Gasteiger partial charge in [0.2, 0.25) is 0 Å². The van der Waals surface area contributed by atoms with Crippen LogP contribution in [-0.2, 0) is 7.05 Å². The highest BCUT2D eigenvalue weighted by Gasteiger charge is 2.09. The number of amides is 1. The van der Waals surface area contributed by atoms with Gasteiger partial charge in [-0.2, -0.15) is 10.2 Å². The zero-order valence-corrected chi connectivity index (χ0v) is 13.1. The molecule has 0 aliphatic carbocycles. The number of aryl methyl sites for hydroxylation is 2. The summed E-state index contributed by atoms with van der Waals surface area (Å²) in [6.45, 7) is 3.86. The minimum Gasteiger partial charge on any atom is -0.272 e. The SMILES string of the molecule is Cc1nn(C)c(C)c1/C=N\NC(=O)c1ccccc1Br. The van der Waals surface area contributed by atoms with Crippen molar-refractivity contribution in [3.8, 4) is 0 Å². The smallest absolute Gasteiger partial charge is 0.272 e. The topological polar surface area (TPSA) is 59.3 Å². The van der Waals surface area contributed by atoms with Crippen LogP contribution in [0.3, 0.4) is 0 Å². The van der Waals surface area contributed by atoms with Crippen molar-refractivity contribution in [2.45, 2.75) is 13.8 Å². The summed E-state index contributed by atoms with van der Waals surface area (Å²) in [5.41, 5.74) is 5.86. The van der Waals surface area contributed by atoms with Crippen LogP contribution >= 0.6 is 15.9 Å². The van der Waals surface area contributed by atoms with Crippen LogP contribution < -0.4 is 5.43 Å². The Morgan fingerprint density at radius 1 is 1.40 bits per heavy atom. The van der Waals surface area contributed by atoms with Gasteiger partial charge in [-0.3, -0.25) is 9.48 Å². The standard InChI is InChI=1S/C14H15BrN4O/c1-9-12(10(2)19(3)18-9)8-16-17-14(20)11-6-4-5-7-13(11)15/h4-8H,1-3H3,(H,17,20)/b16-8-. The van der Waals surface area contributed by atoms with E-state index in [0.717, 1.165) is 21.4 Å². The lowest BCUT2D eigenvalue weighted by Gasteiger charge is -2.01. The Balaban J connectivity index is 2.11. The molecule has 20 heavy (non-hydrogen) atoms. The van der Waals surface area contributed by atoms with Crippen molar-refractivity contribution in [2.24, 2.45) is 12.1 Å². The Kier molecular flexibility index (Phi) is 4.34. The summed E-state index contributed by atoms with van der Waals surface area (Å²) < 4.78 is 2.52. The normalized spacial score (nSPS) is 11.0. The molecule has 0 aliphatic rings. The summed E-state index contributed by atoms with van der Waals surface area (Å²) in [5.74, 6) is -0.257. The molecule has 1 aromatic carbocycles. The molecule has 1 N–H and O–H groups in total. The molecule has 0 radical (unpaired) electrons. The van der Waals surface area contributed by atoms with Crippen LogP contribution in [0.4, 0.5) is 0 Å². The third kappa shape index (κ3) is 2.96. The third-order valence-electron chi connectivity index (χ3n) is 3.04. The van der Waals surface area contributed by atoms with Gasteiger partial charge in [0.1, 0.15) is 0 Å². The van der Waals surface area contributed by atoms with Crippen LogP contribution in [0, 0.1) is 13.8 Å². The summed E-state index contributed by atoms with van der Waals surface area (Å²) in [4.78, 5) is 12.0. The summed E-state index contributed by atoms with van der Waals surface area (Å²) in [6, 6.07) is 7.20. The van der Waals surface area contributed by atoms with Gasteiger partial charge in [0, 0.05) is 22.8 Å². The fraction of sp³-hybridized carbons (Fsp3) is 0.214. The maximum absolute atomic E-state index is 12.0. The van der Waals surface area contributed by atoms with E-state index in [1.807, 2.05) is 33.0 Å². The van der Waals surface area contributed by atoms with Gasteiger partial charge in [-0.15, -0.1) is 0 Å². The van der Waals surface area contributed by atoms with E-state index in [1.54, 1.807) is 23.0 Å². The number of nitrogens with zero attached hydrogens (tertiary/aromatic N) is 3. The van der Waals surface area contributed by atoms with Crippen LogP contribution in [0.2, 0.25) is 0 Å². The third-order valence-corrected chi connectivity index (χ3v) is 3.73. The van der Waals surface area contributed by atoms with Crippen LogP contribution in [0.5, 0.6) is 0 Å². The lowest BCUT2D eigenvalue weighted by Crippen LogP contribution is -2.18. The van der Waals surface area contributed by atoms with Crippen LogP contribution in [-0.4, -0.2) is 21.9 Å². The second-order valence-corrected chi connectivity index (χ2v) is 5.24. The first-order valence-electron chi connectivity index (χ1n) is 6.09. The van der Waals surface area contributed by atoms with Crippen molar-refractivity contribution in [3.05, 3.63) is 51.3 Å². The molecule has 0 atom stereocenters. The number of hydrogen-bond acceptors (Lipinski definition) is 3. The molecule has 0 saturated heterocycles. The molecule has 0 aliphatic heterocycles. The van der Waals surface area contributed by atoms with Crippen LogP contribution in [0.25, 0.3) is 0 Å². The van der Waals surface area contributed by atoms with E-state index in [9.17, 15) is 4.79 Å². The molecule has 5 nitrogen and oxygen atoms in total. The van der Waals surface area contributed by atoms with Crippen molar-refractivity contribution in [1.29, 1.82) is 0 Å². The summed E-state index contributed by atoms with van der Waals surface area (Å²) >= 11 is 3.33. The van der Waals surface area contributed by atoms with E-state index in [0.29, 0.717) is 5.56 Å². The second kappa shape index (κ2) is 6.00. The van der Waals surface area contributed by atoms with Gasteiger partial charge >= 0.3 is 0 Å². The largest absolute Gasteiger partial charge is 0.272 e. The number of hydrogen-bond donors (Lipinski definition) is 1. The Bertz CT molecular complexity index is 676. The Morgan fingerprint density at radius 3 is 2.70 bits per heavy atom. The molecule has 0 bridgehead atoms. The number of hydrazone groups is 1. The molecular weight excluding hydrogens is 320 g/mol. The van der Waals surface area contributed by atoms with E-state index in [4.69, 9.17) is 0 Å². The highest BCUT2D eigenvalue weighted by molar-refractivity contribution is 9.10. The number of rotatable bonds is 3. The van der Waals surface area contributed by atoms with Gasteiger partial charge in [-0.05, 0) is 41.9 Å². The number of nitrogens with one attached hydrogen (secondary N) is 1. The van der Waals surface area contributed by atoms with Gasteiger partial charge in [0.25, 0.3) is 5.91 Å². The zero-order valence-electron chi connectivity index (χ0n) is 11.5. The van der Waals surface area contributed by atoms with Crippen molar-refractivity contribution in [1.82, 2.24) is 15.2 Å². The molecule has 0 unspecified atom stereocenters. The quantitative estimate of drug-likeness (QED) is 0.692. The number of halogens is 1. The predicted molar refractivity (Wildman–Crippen MR) is 81.9 cm³/mol. The van der Waals surface area contributed by atoms with Crippen LogP contribution in [0.1, 0.15) is 27.3 Å². The van der Waals surface area contributed by atoms with Crippen molar-refractivity contribution in [3.63, 3.8) is 0 Å². The Hall–Kier alpha value is -1.95. The van der Waals surface area contributed by atoms with E-state index in [2.05, 4.69) is 31.6 Å². The number of aromatic nitrogens is 2. The highest BCUT2D eigenvalue weighted by Crippen LogP contribution is 2.15. The molecule has 0 fully saturated rings. The van der Waals surface area contributed by atoms with Crippen molar-refractivity contribution >= 4 is 28.1 Å². The molecule has 1 heterocycles. The summed E-state index contributed by atoms with van der Waals surface area (Å²) in [7, 11) is 1.87. The molecule has 1 amide bonds. The highest BCUT2D eigenvalue weighted by atomic mass is 79.9. The molecule has 2 aromatic rings. The second-order valence-electron chi connectivity index (χ2n) is 4.39. The number of benzene rings is 1. The first-order valence-corrected chi connectivity index (χ1v) is 6.88. The van der Waals surface area contributed by atoms with Gasteiger partial charge in [-0.25, -0.2) is 5.43 Å². The monoisotopic (exact) mass is 334 g/mol. The first-order chi connectivity index (χ1) is 9.50. The van der Waals surface area contributed by atoms with E-state index < -0.39 is 0 Å². The maximum Gasteiger partial charge on any atom is 0.272 e. The van der Waals surface area contributed by atoms with E-state index in [1.165, 1.54) is 0 Å². The summed E-state index contributed by atoms with van der Waals surface area (Å²) in [5, 5.41) is 8.28. The number of carbonyl (C=O) groups is 1. The van der Waals surface area contributed by atoms with Crippen LogP contribution in [0.15, 0.2) is 33.8 Å². The molecule has 0 spiro atoms. The predicted octanol–water partition coefficient (Wildman–Crippen LogP) is 2.56. The Morgan fingerprint density at radius 2 is 2.10 bits per heavy atom.